The van der Waals surface area contributed by atoms with Gasteiger partial charge in [-0.1, -0.05) is 73.9 Å². The summed E-state index contributed by atoms with van der Waals surface area (Å²) in [6.45, 7) is 4.36. The van der Waals surface area contributed by atoms with Crippen LogP contribution in [-0.4, -0.2) is 9.81 Å². The molecule has 0 spiro atoms. The van der Waals surface area contributed by atoms with Crippen molar-refractivity contribution in [2.75, 3.05) is 0 Å². The first-order chi connectivity index (χ1) is 9.22. The number of halogens is 1. The first-order valence-corrected chi connectivity index (χ1v) is 8.69. The van der Waals surface area contributed by atoms with Gasteiger partial charge in [0, 0.05) is 23.1 Å². The Kier molecular flexibility index (Phi) is 9.15. The Morgan fingerprint density at radius 1 is 1.05 bits per heavy atom. The van der Waals surface area contributed by atoms with Crippen molar-refractivity contribution in [2.24, 2.45) is 0 Å². The van der Waals surface area contributed by atoms with Gasteiger partial charge in [0.25, 0.3) is 0 Å². The van der Waals surface area contributed by atoms with Gasteiger partial charge in [0.15, 0.2) is 0 Å². The molecule has 2 heteroatoms. The van der Waals surface area contributed by atoms with E-state index in [0.29, 0.717) is 4.83 Å². The summed E-state index contributed by atoms with van der Waals surface area (Å²) in [5, 5.41) is 0. The smallest absolute Gasteiger partial charge is 0.0414 e. The third kappa shape index (κ3) is 8.41. The number of rotatable bonds is 10. The molecule has 0 saturated heterocycles. The lowest BCUT2D eigenvalue weighted by atomic mass is 10.1. The predicted molar refractivity (Wildman–Crippen MR) is 88.0 cm³/mol. The monoisotopic (exact) mass is 325 g/mol. The molecule has 0 fully saturated rings. The highest BCUT2D eigenvalue weighted by atomic mass is 79.9. The molecular weight excluding hydrogens is 298 g/mol. The minimum Gasteiger partial charge on any atom is -0.261 e. The van der Waals surface area contributed by atoms with Crippen molar-refractivity contribution >= 4 is 15.9 Å². The fourth-order valence-corrected chi connectivity index (χ4v) is 2.93. The summed E-state index contributed by atoms with van der Waals surface area (Å²) in [7, 11) is 0. The summed E-state index contributed by atoms with van der Waals surface area (Å²) in [6, 6.07) is 4.30. The van der Waals surface area contributed by atoms with Crippen LogP contribution in [-0.2, 0) is 6.42 Å². The van der Waals surface area contributed by atoms with Crippen LogP contribution in [0, 0.1) is 6.92 Å². The standard InChI is InChI=1S/C17H28BrN/c1-3-4-5-6-7-8-9-10-16(18)13-17-12-11-15(2)14-19-17/h11-12,14,16H,3-10,13H2,1-2H3. The van der Waals surface area contributed by atoms with Crippen LogP contribution in [0.25, 0.3) is 0 Å². The van der Waals surface area contributed by atoms with Gasteiger partial charge in [-0.05, 0) is 25.0 Å². The second kappa shape index (κ2) is 10.4. The number of aromatic nitrogens is 1. The van der Waals surface area contributed by atoms with Crippen LogP contribution in [0.5, 0.6) is 0 Å². The average molecular weight is 326 g/mol. The lowest BCUT2D eigenvalue weighted by Crippen LogP contribution is -2.04. The number of nitrogens with zero attached hydrogens (tertiary/aromatic N) is 1. The topological polar surface area (TPSA) is 12.9 Å². The average Bonchev–Trinajstić information content (AvgIpc) is 2.40. The second-order valence-electron chi connectivity index (χ2n) is 5.54. The molecule has 0 aliphatic rings. The van der Waals surface area contributed by atoms with Gasteiger partial charge in [0.05, 0.1) is 0 Å². The van der Waals surface area contributed by atoms with Crippen LogP contribution in [0.4, 0.5) is 0 Å². The van der Waals surface area contributed by atoms with Crippen LogP contribution in [0.2, 0.25) is 0 Å². The lowest BCUT2D eigenvalue weighted by Gasteiger charge is -2.09. The van der Waals surface area contributed by atoms with E-state index in [4.69, 9.17) is 0 Å². The molecule has 1 unspecified atom stereocenters. The van der Waals surface area contributed by atoms with E-state index in [2.05, 4.69) is 46.9 Å². The molecule has 0 N–H and O–H groups in total. The maximum atomic E-state index is 4.47. The molecule has 0 amide bonds. The number of alkyl halides is 1. The minimum atomic E-state index is 0.582. The van der Waals surface area contributed by atoms with Crippen molar-refractivity contribution in [1.82, 2.24) is 4.98 Å². The Morgan fingerprint density at radius 3 is 2.37 bits per heavy atom. The Morgan fingerprint density at radius 2 is 1.74 bits per heavy atom. The Bertz CT molecular complexity index is 321. The molecule has 1 nitrogen and oxygen atoms in total. The van der Waals surface area contributed by atoms with Gasteiger partial charge in [0.2, 0.25) is 0 Å². The van der Waals surface area contributed by atoms with Crippen molar-refractivity contribution in [3.8, 4) is 0 Å². The van der Waals surface area contributed by atoms with Crippen LogP contribution in [0.3, 0.4) is 0 Å². The van der Waals surface area contributed by atoms with E-state index in [1.807, 2.05) is 6.20 Å². The van der Waals surface area contributed by atoms with E-state index in [0.717, 1.165) is 6.42 Å². The molecule has 0 bridgehead atoms. The van der Waals surface area contributed by atoms with Crippen LogP contribution < -0.4 is 0 Å². The van der Waals surface area contributed by atoms with Gasteiger partial charge >= 0.3 is 0 Å². The van der Waals surface area contributed by atoms with Gasteiger partial charge in [-0.15, -0.1) is 0 Å². The zero-order chi connectivity index (χ0) is 13.9. The Labute approximate surface area is 127 Å². The molecule has 1 heterocycles. The molecule has 1 rings (SSSR count). The maximum absolute atomic E-state index is 4.47. The van der Waals surface area contributed by atoms with E-state index in [1.54, 1.807) is 0 Å². The van der Waals surface area contributed by atoms with E-state index in [9.17, 15) is 0 Å². The van der Waals surface area contributed by atoms with E-state index >= 15 is 0 Å². The fraction of sp³-hybridized carbons (Fsp3) is 0.706. The molecule has 1 aromatic heterocycles. The molecule has 0 saturated carbocycles. The van der Waals surface area contributed by atoms with Crippen molar-refractivity contribution in [2.45, 2.75) is 76.5 Å². The highest BCUT2D eigenvalue weighted by Crippen LogP contribution is 2.17. The molecule has 108 valence electrons. The zero-order valence-corrected chi connectivity index (χ0v) is 14.1. The molecule has 0 aliphatic carbocycles. The summed E-state index contributed by atoms with van der Waals surface area (Å²) < 4.78 is 0. The van der Waals surface area contributed by atoms with Crippen molar-refractivity contribution < 1.29 is 0 Å². The van der Waals surface area contributed by atoms with Gasteiger partial charge in [0.1, 0.15) is 0 Å². The third-order valence-electron chi connectivity index (χ3n) is 3.52. The lowest BCUT2D eigenvalue weighted by molar-refractivity contribution is 0.569. The SMILES string of the molecule is CCCCCCCCCC(Br)Cc1ccc(C)cn1. The summed E-state index contributed by atoms with van der Waals surface area (Å²) in [4.78, 5) is 5.05. The number of hydrogen-bond acceptors (Lipinski definition) is 1. The van der Waals surface area contributed by atoms with Gasteiger partial charge in [-0.2, -0.15) is 0 Å². The molecular formula is C17H28BrN. The number of unbranched alkanes of at least 4 members (excludes halogenated alkanes) is 6. The largest absolute Gasteiger partial charge is 0.261 e. The molecule has 0 radical (unpaired) electrons. The zero-order valence-electron chi connectivity index (χ0n) is 12.5. The maximum Gasteiger partial charge on any atom is 0.0414 e. The number of hydrogen-bond donors (Lipinski definition) is 0. The summed E-state index contributed by atoms with van der Waals surface area (Å²) in [5.41, 5.74) is 2.44. The normalized spacial score (nSPS) is 12.6. The molecule has 1 atom stereocenters. The van der Waals surface area contributed by atoms with Crippen molar-refractivity contribution in [1.29, 1.82) is 0 Å². The fourth-order valence-electron chi connectivity index (χ4n) is 2.27. The number of aryl methyl sites for hydroxylation is 1. The Hall–Kier alpha value is -0.370. The predicted octanol–water partition coefficient (Wildman–Crippen LogP) is 5.84. The number of pyridine rings is 1. The van der Waals surface area contributed by atoms with Crippen LogP contribution in [0.1, 0.15) is 69.5 Å². The van der Waals surface area contributed by atoms with E-state index < -0.39 is 0 Å². The molecule has 0 aromatic carbocycles. The summed E-state index contributed by atoms with van der Waals surface area (Å²) in [5.74, 6) is 0. The van der Waals surface area contributed by atoms with Crippen molar-refractivity contribution in [3.63, 3.8) is 0 Å². The summed E-state index contributed by atoms with van der Waals surface area (Å²) in [6.07, 6.45) is 14.0. The van der Waals surface area contributed by atoms with Crippen molar-refractivity contribution in [3.05, 3.63) is 29.6 Å². The highest BCUT2D eigenvalue weighted by molar-refractivity contribution is 9.09. The minimum absolute atomic E-state index is 0.582. The van der Waals surface area contributed by atoms with Gasteiger partial charge < -0.3 is 0 Å². The van der Waals surface area contributed by atoms with Crippen LogP contribution in [0.15, 0.2) is 18.3 Å². The first kappa shape index (κ1) is 16.7. The molecule has 19 heavy (non-hydrogen) atoms. The van der Waals surface area contributed by atoms with Gasteiger partial charge in [-0.3, -0.25) is 4.98 Å². The second-order valence-corrected chi connectivity index (χ2v) is 6.83. The Balaban J connectivity index is 2.04. The quantitative estimate of drug-likeness (QED) is 0.389. The molecule has 1 aromatic rings. The first-order valence-electron chi connectivity index (χ1n) is 7.78. The summed E-state index contributed by atoms with van der Waals surface area (Å²) >= 11 is 3.79. The molecule has 0 aliphatic heterocycles. The highest BCUT2D eigenvalue weighted by Gasteiger charge is 2.06. The van der Waals surface area contributed by atoms with E-state index in [1.165, 1.54) is 62.6 Å². The van der Waals surface area contributed by atoms with Gasteiger partial charge in [-0.25, -0.2) is 0 Å². The van der Waals surface area contributed by atoms with E-state index in [-0.39, 0.29) is 0 Å². The van der Waals surface area contributed by atoms with Crippen LogP contribution >= 0.6 is 15.9 Å². The third-order valence-corrected chi connectivity index (χ3v) is 4.31.